The summed E-state index contributed by atoms with van der Waals surface area (Å²) in [6.45, 7) is 9.21. The number of hydrogen-bond acceptors (Lipinski definition) is 2. The highest BCUT2D eigenvalue weighted by molar-refractivity contribution is 6.06. The number of benzene rings is 5. The van der Waals surface area contributed by atoms with Gasteiger partial charge in [0.25, 0.3) is 0 Å². The third kappa shape index (κ3) is 3.05. The highest BCUT2D eigenvalue weighted by Gasteiger charge is 2.43. The van der Waals surface area contributed by atoms with Crippen molar-refractivity contribution >= 4 is 34.1 Å². The number of aryl methyl sites for hydroxylation is 2. The fourth-order valence-electron chi connectivity index (χ4n) is 6.35. The van der Waals surface area contributed by atoms with E-state index in [0.717, 1.165) is 0 Å². The van der Waals surface area contributed by atoms with Crippen LogP contribution >= 0.6 is 0 Å². The Hall–Kier alpha value is -4.30. The standard InChI is InChI=1S/C35H30N2/c1-23-11-8-15-28-32(23)37-33-24(2)12-9-17-30(33)36(31-18-10-16-29(34(31)37)35(28,3)4)27-21-19-26(20-22-27)25-13-6-5-7-14-25/h5-22H,1-4H3. The fraction of sp³-hybridized carbons (Fsp3) is 0.143. The zero-order chi connectivity index (χ0) is 25.3. The van der Waals surface area contributed by atoms with Crippen LogP contribution in [0.1, 0.15) is 36.1 Å². The van der Waals surface area contributed by atoms with Gasteiger partial charge < -0.3 is 9.80 Å². The van der Waals surface area contributed by atoms with Gasteiger partial charge >= 0.3 is 0 Å². The zero-order valence-corrected chi connectivity index (χ0v) is 21.8. The molecule has 0 aromatic heterocycles. The molecule has 0 atom stereocenters. The van der Waals surface area contributed by atoms with Crippen LogP contribution in [-0.2, 0) is 5.41 Å². The van der Waals surface area contributed by atoms with Gasteiger partial charge in [-0.15, -0.1) is 0 Å². The molecule has 2 aliphatic heterocycles. The van der Waals surface area contributed by atoms with Crippen molar-refractivity contribution in [1.82, 2.24) is 0 Å². The van der Waals surface area contributed by atoms with Crippen LogP contribution < -0.4 is 9.80 Å². The molecule has 0 amide bonds. The molecule has 0 N–H and O–H groups in total. The number of para-hydroxylation sites is 3. The molecule has 5 aromatic rings. The third-order valence-corrected chi connectivity index (χ3v) is 8.20. The smallest absolute Gasteiger partial charge is 0.0744 e. The molecule has 0 saturated carbocycles. The number of anilines is 6. The fourth-order valence-corrected chi connectivity index (χ4v) is 6.35. The van der Waals surface area contributed by atoms with E-state index >= 15 is 0 Å². The SMILES string of the molecule is Cc1cccc2c1N1c3c(C)cccc3C(C)(C)c3cccc(c31)N2c1ccc(-c2ccccc2)cc1. The highest BCUT2D eigenvalue weighted by Crippen LogP contribution is 2.62. The summed E-state index contributed by atoms with van der Waals surface area (Å²) in [5.74, 6) is 0. The molecule has 0 fully saturated rings. The van der Waals surface area contributed by atoms with E-state index in [-0.39, 0.29) is 5.41 Å². The van der Waals surface area contributed by atoms with Crippen molar-refractivity contribution in [2.75, 3.05) is 9.80 Å². The highest BCUT2D eigenvalue weighted by atomic mass is 15.3. The maximum absolute atomic E-state index is 2.54. The van der Waals surface area contributed by atoms with Crippen LogP contribution in [0.25, 0.3) is 11.1 Å². The molecule has 0 spiro atoms. The molecule has 0 radical (unpaired) electrons. The Labute approximate surface area is 219 Å². The summed E-state index contributed by atoms with van der Waals surface area (Å²) >= 11 is 0. The van der Waals surface area contributed by atoms with Crippen LogP contribution in [-0.4, -0.2) is 0 Å². The van der Waals surface area contributed by atoms with Crippen molar-refractivity contribution in [3.63, 3.8) is 0 Å². The van der Waals surface area contributed by atoms with Crippen molar-refractivity contribution < 1.29 is 0 Å². The van der Waals surface area contributed by atoms with Gasteiger partial charge in [-0.1, -0.05) is 98.8 Å². The monoisotopic (exact) mass is 478 g/mol. The summed E-state index contributed by atoms with van der Waals surface area (Å²) in [4.78, 5) is 4.99. The van der Waals surface area contributed by atoms with Gasteiger partial charge in [0.05, 0.1) is 28.4 Å². The normalized spacial score (nSPS) is 14.6. The molecule has 2 heterocycles. The predicted octanol–water partition coefficient (Wildman–Crippen LogP) is 9.86. The van der Waals surface area contributed by atoms with E-state index in [1.807, 2.05) is 0 Å². The van der Waals surface area contributed by atoms with Crippen molar-refractivity contribution in [2.45, 2.75) is 33.1 Å². The Morgan fingerprint density at radius 3 is 1.70 bits per heavy atom. The molecule has 37 heavy (non-hydrogen) atoms. The maximum atomic E-state index is 2.54. The largest absolute Gasteiger partial charge is 0.306 e. The van der Waals surface area contributed by atoms with Gasteiger partial charge in [0.1, 0.15) is 0 Å². The first-order chi connectivity index (χ1) is 18.0. The summed E-state index contributed by atoms with van der Waals surface area (Å²) in [7, 11) is 0. The Balaban J connectivity index is 1.50. The van der Waals surface area contributed by atoms with Gasteiger partial charge in [-0.25, -0.2) is 0 Å². The number of nitrogens with zero attached hydrogens (tertiary/aromatic N) is 2. The molecular formula is C35H30N2. The van der Waals surface area contributed by atoms with Crippen LogP contribution in [0.4, 0.5) is 34.1 Å². The van der Waals surface area contributed by atoms with E-state index in [0.29, 0.717) is 0 Å². The average molecular weight is 479 g/mol. The minimum atomic E-state index is -0.105. The molecule has 0 unspecified atom stereocenters. The lowest BCUT2D eigenvalue weighted by molar-refractivity contribution is 0.630. The molecule has 2 nitrogen and oxygen atoms in total. The molecular weight excluding hydrogens is 448 g/mol. The Bertz CT molecular complexity index is 1660. The minimum absolute atomic E-state index is 0.105. The quantitative estimate of drug-likeness (QED) is 0.244. The first kappa shape index (κ1) is 21.9. The Morgan fingerprint density at radius 1 is 0.459 bits per heavy atom. The number of rotatable bonds is 2. The van der Waals surface area contributed by atoms with E-state index in [2.05, 4.69) is 147 Å². The first-order valence-corrected chi connectivity index (χ1v) is 13.1. The van der Waals surface area contributed by atoms with E-state index < -0.39 is 0 Å². The van der Waals surface area contributed by atoms with E-state index in [1.54, 1.807) is 0 Å². The van der Waals surface area contributed by atoms with Crippen molar-refractivity contribution in [3.05, 3.63) is 131 Å². The molecule has 5 aromatic carbocycles. The second-order valence-corrected chi connectivity index (χ2v) is 10.8. The molecule has 2 heteroatoms. The van der Waals surface area contributed by atoms with Crippen molar-refractivity contribution in [1.29, 1.82) is 0 Å². The molecule has 7 rings (SSSR count). The van der Waals surface area contributed by atoms with Gasteiger partial charge in [0.2, 0.25) is 0 Å². The van der Waals surface area contributed by atoms with Gasteiger partial charge in [0, 0.05) is 11.1 Å². The van der Waals surface area contributed by atoms with Crippen molar-refractivity contribution in [2.24, 2.45) is 0 Å². The molecule has 0 saturated heterocycles. The van der Waals surface area contributed by atoms with E-state index in [4.69, 9.17) is 0 Å². The lowest BCUT2D eigenvalue weighted by Crippen LogP contribution is -2.35. The average Bonchev–Trinajstić information content (AvgIpc) is 2.92. The van der Waals surface area contributed by atoms with Gasteiger partial charge in [-0.05, 0) is 71.5 Å². The second kappa shape index (κ2) is 7.85. The lowest BCUT2D eigenvalue weighted by atomic mass is 9.72. The molecule has 0 bridgehead atoms. The van der Waals surface area contributed by atoms with Crippen LogP contribution in [0.15, 0.2) is 109 Å². The summed E-state index contributed by atoms with van der Waals surface area (Å²) in [5, 5.41) is 0. The number of hydrogen-bond donors (Lipinski definition) is 0. The van der Waals surface area contributed by atoms with E-state index in [1.165, 1.54) is 67.5 Å². The summed E-state index contributed by atoms with van der Waals surface area (Å²) in [6, 6.07) is 39.9. The van der Waals surface area contributed by atoms with Crippen LogP contribution in [0.3, 0.4) is 0 Å². The molecule has 180 valence electrons. The third-order valence-electron chi connectivity index (χ3n) is 8.20. The minimum Gasteiger partial charge on any atom is -0.306 e. The summed E-state index contributed by atoms with van der Waals surface area (Å²) in [5.41, 5.74) is 15.2. The topological polar surface area (TPSA) is 6.48 Å². The van der Waals surface area contributed by atoms with Crippen LogP contribution in [0.5, 0.6) is 0 Å². The van der Waals surface area contributed by atoms with Crippen LogP contribution in [0.2, 0.25) is 0 Å². The predicted molar refractivity (Wildman–Crippen MR) is 156 cm³/mol. The zero-order valence-electron chi connectivity index (χ0n) is 21.8. The van der Waals surface area contributed by atoms with Gasteiger partial charge in [-0.3, -0.25) is 0 Å². The maximum Gasteiger partial charge on any atom is 0.0744 e. The van der Waals surface area contributed by atoms with Gasteiger partial charge in [0.15, 0.2) is 0 Å². The van der Waals surface area contributed by atoms with Crippen LogP contribution in [0, 0.1) is 13.8 Å². The number of fused-ring (bicyclic) bond motifs is 4. The molecule has 0 aliphatic carbocycles. The lowest BCUT2D eigenvalue weighted by Gasteiger charge is -2.49. The second-order valence-electron chi connectivity index (χ2n) is 10.8. The van der Waals surface area contributed by atoms with Gasteiger partial charge in [-0.2, -0.15) is 0 Å². The summed E-state index contributed by atoms with van der Waals surface area (Å²) in [6.07, 6.45) is 0. The molecule has 2 aliphatic rings. The Morgan fingerprint density at radius 2 is 1.00 bits per heavy atom. The Kier molecular flexibility index (Phi) is 4.65. The first-order valence-electron chi connectivity index (χ1n) is 13.1. The summed E-state index contributed by atoms with van der Waals surface area (Å²) < 4.78 is 0. The van der Waals surface area contributed by atoms with Crippen molar-refractivity contribution in [3.8, 4) is 11.1 Å². The van der Waals surface area contributed by atoms with E-state index in [9.17, 15) is 0 Å².